The molecule has 0 fully saturated rings. The van der Waals surface area contributed by atoms with Crippen molar-refractivity contribution in [3.63, 3.8) is 0 Å². The number of fused-ring (bicyclic) bond motifs is 1. The average molecular weight is 295 g/mol. The summed E-state index contributed by atoms with van der Waals surface area (Å²) in [6.45, 7) is 2.09. The van der Waals surface area contributed by atoms with Crippen LogP contribution in [0, 0.1) is 0 Å². The zero-order valence-corrected chi connectivity index (χ0v) is 12.0. The van der Waals surface area contributed by atoms with Gasteiger partial charge >= 0.3 is 5.97 Å². The van der Waals surface area contributed by atoms with Crippen molar-refractivity contribution in [2.75, 3.05) is 5.73 Å². The molecule has 0 radical (unpaired) electrons. The largest absolute Gasteiger partial charge is 0.480 e. The number of nitrogens with two attached hydrogens (primary N) is 1. The zero-order valence-electron chi connectivity index (χ0n) is 11.2. The van der Waals surface area contributed by atoms with Crippen molar-refractivity contribution in [1.82, 2.24) is 19.9 Å². The molecule has 0 saturated carbocycles. The number of carbonyl (C=O) groups is 1. The molecule has 108 valence electrons. The molecule has 0 aromatic carbocycles. The number of carboxylic acids is 1. The summed E-state index contributed by atoms with van der Waals surface area (Å²) in [6.07, 6.45) is 5.06. The van der Waals surface area contributed by atoms with E-state index in [1.807, 2.05) is 0 Å². The van der Waals surface area contributed by atoms with Gasteiger partial charge in [-0.3, -0.25) is 4.79 Å². The number of aromatic nitrogens is 4. The summed E-state index contributed by atoms with van der Waals surface area (Å²) in [7, 11) is 0. The maximum atomic E-state index is 11.3. The van der Waals surface area contributed by atoms with Gasteiger partial charge in [0.25, 0.3) is 0 Å². The standard InChI is InChI=1S/C12H17N5O2S/c1-2-3-4-5-7(11(18)19)20-10-8-9(15-6-14-8)16-12(13)17-10/h6-7H,2-5H2,1H3,(H,18,19)(H3,13,14,15,16,17). The number of aromatic amines is 1. The smallest absolute Gasteiger partial charge is 0.317 e. The topological polar surface area (TPSA) is 118 Å². The molecule has 8 heteroatoms. The van der Waals surface area contributed by atoms with E-state index >= 15 is 0 Å². The Bertz CT molecular complexity index is 601. The van der Waals surface area contributed by atoms with E-state index in [1.165, 1.54) is 18.1 Å². The number of anilines is 1. The third-order valence-electron chi connectivity index (χ3n) is 2.87. The van der Waals surface area contributed by atoms with Crippen LogP contribution in [0.4, 0.5) is 5.95 Å². The van der Waals surface area contributed by atoms with E-state index in [-0.39, 0.29) is 5.95 Å². The Morgan fingerprint density at radius 1 is 1.50 bits per heavy atom. The number of aliphatic carboxylic acids is 1. The lowest BCUT2D eigenvalue weighted by Crippen LogP contribution is -2.16. The van der Waals surface area contributed by atoms with Crippen molar-refractivity contribution in [3.05, 3.63) is 6.33 Å². The van der Waals surface area contributed by atoms with Crippen molar-refractivity contribution >= 4 is 34.8 Å². The number of hydrogen-bond acceptors (Lipinski definition) is 6. The minimum Gasteiger partial charge on any atom is -0.480 e. The lowest BCUT2D eigenvalue weighted by atomic mass is 10.1. The molecule has 7 nitrogen and oxygen atoms in total. The minimum absolute atomic E-state index is 0.102. The summed E-state index contributed by atoms with van der Waals surface area (Å²) in [5, 5.41) is 9.30. The van der Waals surface area contributed by atoms with Gasteiger partial charge in [-0.1, -0.05) is 37.9 Å². The van der Waals surface area contributed by atoms with Gasteiger partial charge < -0.3 is 15.8 Å². The Morgan fingerprint density at radius 3 is 3.00 bits per heavy atom. The second-order valence-corrected chi connectivity index (χ2v) is 5.62. The molecule has 2 heterocycles. The van der Waals surface area contributed by atoms with E-state index in [2.05, 4.69) is 26.9 Å². The maximum absolute atomic E-state index is 11.3. The van der Waals surface area contributed by atoms with Crippen LogP contribution in [-0.4, -0.2) is 36.3 Å². The Hall–Kier alpha value is -1.83. The highest BCUT2D eigenvalue weighted by Gasteiger charge is 2.21. The van der Waals surface area contributed by atoms with Crippen molar-refractivity contribution in [2.24, 2.45) is 0 Å². The van der Waals surface area contributed by atoms with E-state index in [9.17, 15) is 9.90 Å². The first-order valence-electron chi connectivity index (χ1n) is 6.48. The fourth-order valence-corrected chi connectivity index (χ4v) is 2.92. The number of carboxylic acid groups (broad SMARTS) is 1. The zero-order chi connectivity index (χ0) is 14.5. The number of nitrogens with one attached hydrogen (secondary N) is 1. The minimum atomic E-state index is -0.837. The summed E-state index contributed by atoms with van der Waals surface area (Å²) in [5.41, 5.74) is 6.71. The molecule has 2 aromatic heterocycles. The lowest BCUT2D eigenvalue weighted by molar-refractivity contribution is -0.136. The van der Waals surface area contributed by atoms with Crippen LogP contribution in [0.15, 0.2) is 11.4 Å². The Balaban J connectivity index is 2.19. The molecule has 0 spiro atoms. The second-order valence-electron chi connectivity index (χ2n) is 4.43. The molecule has 0 aliphatic rings. The molecule has 1 atom stereocenters. The molecule has 0 aliphatic heterocycles. The summed E-state index contributed by atoms with van der Waals surface area (Å²) in [5.74, 6) is -0.735. The van der Waals surface area contributed by atoms with Crippen LogP contribution < -0.4 is 5.73 Å². The predicted octanol–water partition coefficient (Wildman–Crippen LogP) is 2.06. The SMILES string of the molecule is CCCCCC(Sc1nc(N)nc2nc[nH]c12)C(=O)O. The number of thioether (sulfide) groups is 1. The summed E-state index contributed by atoms with van der Waals surface area (Å²) in [6, 6.07) is 0. The Morgan fingerprint density at radius 2 is 2.30 bits per heavy atom. The number of hydrogen-bond donors (Lipinski definition) is 3. The second kappa shape index (κ2) is 6.56. The molecule has 4 N–H and O–H groups in total. The first kappa shape index (κ1) is 14.6. The molecule has 0 aliphatic carbocycles. The fourth-order valence-electron chi connectivity index (χ4n) is 1.86. The van der Waals surface area contributed by atoms with E-state index in [1.54, 1.807) is 0 Å². The van der Waals surface area contributed by atoms with Crippen LogP contribution in [0.25, 0.3) is 11.2 Å². The lowest BCUT2D eigenvalue weighted by Gasteiger charge is -2.11. The number of imidazole rings is 1. The monoisotopic (exact) mass is 295 g/mol. The van der Waals surface area contributed by atoms with Gasteiger partial charge in [0, 0.05) is 0 Å². The van der Waals surface area contributed by atoms with Gasteiger partial charge in [0.05, 0.1) is 6.33 Å². The van der Waals surface area contributed by atoms with E-state index in [0.29, 0.717) is 22.6 Å². The van der Waals surface area contributed by atoms with Gasteiger partial charge in [0.15, 0.2) is 5.65 Å². The van der Waals surface area contributed by atoms with Crippen LogP contribution in [-0.2, 0) is 4.79 Å². The normalized spacial score (nSPS) is 12.7. The summed E-state index contributed by atoms with van der Waals surface area (Å²) < 4.78 is 0. The summed E-state index contributed by atoms with van der Waals surface area (Å²) >= 11 is 1.19. The molecular weight excluding hydrogens is 278 g/mol. The molecular formula is C12H17N5O2S. The van der Waals surface area contributed by atoms with Crippen LogP contribution in [0.1, 0.15) is 32.6 Å². The van der Waals surface area contributed by atoms with Crippen molar-refractivity contribution in [3.8, 4) is 0 Å². The number of unbranched alkanes of at least 4 members (excludes halogenated alkanes) is 2. The van der Waals surface area contributed by atoms with E-state index in [0.717, 1.165) is 19.3 Å². The molecule has 2 rings (SSSR count). The van der Waals surface area contributed by atoms with Gasteiger partial charge in [0.2, 0.25) is 5.95 Å². The molecule has 0 amide bonds. The van der Waals surface area contributed by atoms with Crippen molar-refractivity contribution < 1.29 is 9.90 Å². The highest BCUT2D eigenvalue weighted by atomic mass is 32.2. The van der Waals surface area contributed by atoms with Crippen LogP contribution in [0.5, 0.6) is 0 Å². The first-order valence-corrected chi connectivity index (χ1v) is 7.35. The molecule has 0 saturated heterocycles. The summed E-state index contributed by atoms with van der Waals surface area (Å²) in [4.78, 5) is 26.4. The molecule has 20 heavy (non-hydrogen) atoms. The Kier molecular flexibility index (Phi) is 4.78. The van der Waals surface area contributed by atoms with Crippen LogP contribution >= 0.6 is 11.8 Å². The highest BCUT2D eigenvalue weighted by molar-refractivity contribution is 8.00. The van der Waals surface area contributed by atoms with Crippen molar-refractivity contribution in [2.45, 2.75) is 42.9 Å². The van der Waals surface area contributed by atoms with Gasteiger partial charge in [0.1, 0.15) is 15.8 Å². The van der Waals surface area contributed by atoms with Crippen LogP contribution in [0.2, 0.25) is 0 Å². The predicted molar refractivity (Wildman–Crippen MR) is 77.5 cm³/mol. The van der Waals surface area contributed by atoms with Gasteiger partial charge in [-0.15, -0.1) is 0 Å². The van der Waals surface area contributed by atoms with E-state index < -0.39 is 11.2 Å². The maximum Gasteiger partial charge on any atom is 0.317 e. The molecule has 1 unspecified atom stereocenters. The van der Waals surface area contributed by atoms with Crippen molar-refractivity contribution in [1.29, 1.82) is 0 Å². The number of nitrogens with zero attached hydrogens (tertiary/aromatic N) is 3. The fraction of sp³-hybridized carbons (Fsp3) is 0.500. The average Bonchev–Trinajstić information content (AvgIpc) is 2.85. The first-order chi connectivity index (χ1) is 9.61. The van der Waals surface area contributed by atoms with Gasteiger partial charge in [-0.25, -0.2) is 9.97 Å². The van der Waals surface area contributed by atoms with Gasteiger partial charge in [-0.2, -0.15) is 4.98 Å². The molecule has 2 aromatic rings. The number of nitrogen functional groups attached to an aromatic ring is 1. The van der Waals surface area contributed by atoms with E-state index in [4.69, 9.17) is 5.73 Å². The number of H-pyrrole nitrogens is 1. The molecule has 0 bridgehead atoms. The third-order valence-corrected chi connectivity index (χ3v) is 4.11. The highest BCUT2D eigenvalue weighted by Crippen LogP contribution is 2.30. The number of rotatable bonds is 7. The Labute approximate surface area is 120 Å². The van der Waals surface area contributed by atoms with Crippen LogP contribution in [0.3, 0.4) is 0 Å². The van der Waals surface area contributed by atoms with Gasteiger partial charge in [-0.05, 0) is 6.42 Å². The quantitative estimate of drug-likeness (QED) is 0.406. The third kappa shape index (κ3) is 3.38.